The van der Waals surface area contributed by atoms with Gasteiger partial charge in [0.25, 0.3) is 0 Å². The van der Waals surface area contributed by atoms with Crippen molar-refractivity contribution in [3.63, 3.8) is 0 Å². The first-order valence-electron chi connectivity index (χ1n) is 7.42. The molecule has 0 aliphatic rings. The molecule has 0 heterocycles. The van der Waals surface area contributed by atoms with E-state index >= 15 is 0 Å². The molecule has 0 atom stereocenters. The molecule has 0 unspecified atom stereocenters. The van der Waals surface area contributed by atoms with Crippen LogP contribution in [-0.2, 0) is 0 Å². The largest absolute Gasteiger partial charge is 0.362 e. The van der Waals surface area contributed by atoms with E-state index < -0.39 is 0 Å². The van der Waals surface area contributed by atoms with Gasteiger partial charge in [0.2, 0.25) is 0 Å². The van der Waals surface area contributed by atoms with Crippen LogP contribution >= 0.6 is 0 Å². The Morgan fingerprint density at radius 2 is 1.53 bits per heavy atom. The molecule has 0 aliphatic carbocycles. The van der Waals surface area contributed by atoms with Crippen molar-refractivity contribution >= 4 is 0 Å². The van der Waals surface area contributed by atoms with Gasteiger partial charge in [-0.1, -0.05) is 64.8 Å². The van der Waals surface area contributed by atoms with Crippen LogP contribution in [0.2, 0.25) is 0 Å². The average Bonchev–Trinajstić information content (AvgIpc) is 2.40. The molecule has 19 heavy (non-hydrogen) atoms. The molecule has 0 bridgehead atoms. The molecule has 1 heteroatoms. The van der Waals surface area contributed by atoms with Crippen molar-refractivity contribution in [3.05, 3.63) is 48.4 Å². The van der Waals surface area contributed by atoms with Gasteiger partial charge in [0.15, 0.2) is 0 Å². The van der Waals surface area contributed by atoms with E-state index in [4.69, 9.17) is 0 Å². The third kappa shape index (κ3) is 16.8. The van der Waals surface area contributed by atoms with Crippen LogP contribution in [-0.4, -0.2) is 0 Å². The first-order chi connectivity index (χ1) is 9.06. The Bertz CT molecular complexity index is 265. The van der Waals surface area contributed by atoms with E-state index in [1.54, 1.807) is 6.20 Å². The van der Waals surface area contributed by atoms with Crippen molar-refractivity contribution in [2.45, 2.75) is 67.7 Å². The van der Waals surface area contributed by atoms with Gasteiger partial charge < -0.3 is 5.32 Å². The van der Waals surface area contributed by atoms with Crippen molar-refractivity contribution in [2.75, 3.05) is 0 Å². The van der Waals surface area contributed by atoms with Crippen LogP contribution in [0.15, 0.2) is 48.4 Å². The Morgan fingerprint density at radius 1 is 1.05 bits per heavy atom. The van der Waals surface area contributed by atoms with E-state index in [1.807, 2.05) is 19.9 Å². The first-order valence-corrected chi connectivity index (χ1v) is 7.42. The lowest BCUT2D eigenvalue weighted by Gasteiger charge is -2.07. The van der Waals surface area contributed by atoms with Crippen LogP contribution in [0.3, 0.4) is 0 Å². The van der Waals surface area contributed by atoms with E-state index in [-0.39, 0.29) is 0 Å². The summed E-state index contributed by atoms with van der Waals surface area (Å²) in [5, 5.41) is 3.14. The smallest absolute Gasteiger partial charge is 0.0365 e. The van der Waals surface area contributed by atoms with E-state index in [0.717, 1.165) is 18.5 Å². The maximum atomic E-state index is 3.75. The third-order valence-electron chi connectivity index (χ3n) is 2.01. The molecule has 0 aromatic heterocycles. The highest BCUT2D eigenvalue weighted by atomic mass is 14.8. The summed E-state index contributed by atoms with van der Waals surface area (Å²) in [6.45, 7) is 22.0. The molecule has 0 fully saturated rings. The molecule has 112 valence electrons. The lowest BCUT2D eigenvalue weighted by Crippen LogP contribution is -2.04. The minimum Gasteiger partial charge on any atom is -0.362 e. The highest BCUT2D eigenvalue weighted by Crippen LogP contribution is 2.12. The number of nitrogens with one attached hydrogen (secondary N) is 1. The lowest BCUT2D eigenvalue weighted by molar-refractivity contribution is 0.994. The summed E-state index contributed by atoms with van der Waals surface area (Å²) in [5.74, 6) is 0. The van der Waals surface area contributed by atoms with E-state index in [1.165, 1.54) is 17.6 Å². The fraction of sp³-hybridized carbons (Fsp3) is 0.556. The molecule has 0 saturated carbocycles. The van der Waals surface area contributed by atoms with E-state index in [2.05, 4.69) is 59.2 Å². The first kappa shape index (κ1) is 22.9. The Balaban J connectivity index is -0.000000445. The predicted octanol–water partition coefficient (Wildman–Crippen LogP) is 6.37. The molecule has 0 amide bonds. The quantitative estimate of drug-likeness (QED) is 0.434. The zero-order valence-electron chi connectivity index (χ0n) is 14.3. The Morgan fingerprint density at radius 3 is 1.79 bits per heavy atom. The second kappa shape index (κ2) is 19.1. The van der Waals surface area contributed by atoms with Crippen LogP contribution in [0.5, 0.6) is 0 Å². The van der Waals surface area contributed by atoms with Crippen LogP contribution in [0.4, 0.5) is 0 Å². The molecule has 0 rings (SSSR count). The second-order valence-electron chi connectivity index (χ2n) is 4.12. The van der Waals surface area contributed by atoms with Crippen LogP contribution in [0.25, 0.3) is 0 Å². The number of hydrogen-bond donors (Lipinski definition) is 1. The summed E-state index contributed by atoms with van der Waals surface area (Å²) in [6, 6.07) is 0. The number of rotatable bonds is 6. The van der Waals surface area contributed by atoms with Crippen molar-refractivity contribution in [3.8, 4) is 0 Å². The zero-order valence-corrected chi connectivity index (χ0v) is 14.3. The van der Waals surface area contributed by atoms with Crippen molar-refractivity contribution in [2.24, 2.45) is 0 Å². The number of hydrogen-bond acceptors (Lipinski definition) is 1. The number of allylic oxidation sites excluding steroid dienone is 4. The molecule has 0 saturated heterocycles. The summed E-state index contributed by atoms with van der Waals surface area (Å²) in [7, 11) is 0. The summed E-state index contributed by atoms with van der Waals surface area (Å²) in [5.41, 5.74) is 3.78. The van der Waals surface area contributed by atoms with Crippen molar-refractivity contribution in [1.82, 2.24) is 5.32 Å². The van der Waals surface area contributed by atoms with Gasteiger partial charge in [0, 0.05) is 5.70 Å². The highest BCUT2D eigenvalue weighted by Gasteiger charge is 1.96. The van der Waals surface area contributed by atoms with Gasteiger partial charge in [-0.25, -0.2) is 0 Å². The van der Waals surface area contributed by atoms with Gasteiger partial charge in [-0.15, -0.1) is 6.58 Å². The molecular weight excluding hydrogens is 230 g/mol. The highest BCUT2D eigenvalue weighted by molar-refractivity contribution is 5.27. The van der Waals surface area contributed by atoms with Gasteiger partial charge >= 0.3 is 0 Å². The summed E-state index contributed by atoms with van der Waals surface area (Å²) in [4.78, 5) is 0. The van der Waals surface area contributed by atoms with Crippen LogP contribution in [0.1, 0.15) is 67.7 Å². The average molecular weight is 265 g/mol. The SMILES string of the molecule is C=CC/C(=C\C(NC=C)=C(C)C)CC.CC.CCC. The standard InChI is InChI=1S/C13H21N.C3H8.C2H6/c1-6-9-12(7-2)10-13(11(4)5)14-8-3;1-3-2;1-2/h6,8,10,14H,1,3,7,9H2,2,4-5H3;3H2,1-2H3;1-2H3/b12-10-;;. The van der Waals surface area contributed by atoms with E-state index in [0.29, 0.717) is 0 Å². The minimum atomic E-state index is 0.950. The Hall–Kier alpha value is -1.24. The molecule has 0 aromatic carbocycles. The fourth-order valence-electron chi connectivity index (χ4n) is 1.14. The van der Waals surface area contributed by atoms with Crippen LogP contribution < -0.4 is 5.32 Å². The molecule has 0 aliphatic heterocycles. The van der Waals surface area contributed by atoms with Gasteiger partial charge in [-0.2, -0.15) is 0 Å². The fourth-order valence-corrected chi connectivity index (χ4v) is 1.14. The molecule has 0 aromatic rings. The summed E-state index contributed by atoms with van der Waals surface area (Å²) in [6.07, 6.45) is 9.08. The van der Waals surface area contributed by atoms with Gasteiger partial charge in [-0.3, -0.25) is 0 Å². The molecule has 0 spiro atoms. The normalized spacial score (nSPS) is 9.11. The molecule has 0 radical (unpaired) electrons. The molecule has 1 N–H and O–H groups in total. The lowest BCUT2D eigenvalue weighted by atomic mass is 10.1. The van der Waals surface area contributed by atoms with Gasteiger partial charge in [-0.05, 0) is 39.0 Å². The summed E-state index contributed by atoms with van der Waals surface area (Å²) >= 11 is 0. The minimum absolute atomic E-state index is 0.950. The maximum Gasteiger partial charge on any atom is 0.0365 e. The molecular formula is C18H35N. The van der Waals surface area contributed by atoms with Crippen LogP contribution in [0, 0.1) is 0 Å². The van der Waals surface area contributed by atoms with Gasteiger partial charge in [0.1, 0.15) is 0 Å². The maximum absolute atomic E-state index is 3.75. The predicted molar refractivity (Wildman–Crippen MR) is 92.2 cm³/mol. The zero-order chi connectivity index (χ0) is 15.7. The third-order valence-corrected chi connectivity index (χ3v) is 2.01. The molecule has 1 nitrogen and oxygen atoms in total. The topological polar surface area (TPSA) is 12.0 Å². The Labute approximate surface area is 122 Å². The van der Waals surface area contributed by atoms with Crippen molar-refractivity contribution in [1.29, 1.82) is 0 Å². The monoisotopic (exact) mass is 265 g/mol. The van der Waals surface area contributed by atoms with Crippen molar-refractivity contribution < 1.29 is 0 Å². The second-order valence-corrected chi connectivity index (χ2v) is 4.12. The Kier molecular flexibility index (Phi) is 23.0. The van der Waals surface area contributed by atoms with E-state index in [9.17, 15) is 0 Å². The summed E-state index contributed by atoms with van der Waals surface area (Å²) < 4.78 is 0. The van der Waals surface area contributed by atoms with Gasteiger partial charge in [0.05, 0.1) is 0 Å².